The Morgan fingerprint density at radius 1 is 1.07 bits per heavy atom. The number of carbonyl (C=O) groups is 1. The van der Waals surface area contributed by atoms with Crippen molar-refractivity contribution >= 4 is 27.4 Å². The van der Waals surface area contributed by atoms with Crippen LogP contribution >= 0.6 is 0 Å². The van der Waals surface area contributed by atoms with Crippen LogP contribution in [0.4, 0.5) is 11.4 Å². The molecule has 0 saturated carbocycles. The van der Waals surface area contributed by atoms with Gasteiger partial charge in [0.15, 0.2) is 11.5 Å². The number of carboxylic acids is 1. The van der Waals surface area contributed by atoms with Crippen LogP contribution in [0.2, 0.25) is 0 Å². The summed E-state index contributed by atoms with van der Waals surface area (Å²) in [6.07, 6.45) is 2.10. The Balaban J connectivity index is 1.99. The lowest BCUT2D eigenvalue weighted by molar-refractivity contribution is 0.0698. The van der Waals surface area contributed by atoms with Crippen molar-refractivity contribution in [1.82, 2.24) is 0 Å². The standard InChI is InChI=1S/C20H24N2O6S/c1-13-10-17(27-2)18(28-3)12-19(13)29(25,26)21-16-7-6-14(11-15(16)20(23)24)22-8-4-5-9-22/h6-7,10-12,21H,4-5,8-9H2,1-3H3,(H,23,24). The van der Waals surface area contributed by atoms with Gasteiger partial charge in [0.1, 0.15) is 0 Å². The van der Waals surface area contributed by atoms with E-state index in [0.717, 1.165) is 31.6 Å². The second-order valence-corrected chi connectivity index (χ2v) is 8.46. The van der Waals surface area contributed by atoms with Crippen molar-refractivity contribution < 1.29 is 27.8 Å². The van der Waals surface area contributed by atoms with Crippen LogP contribution in [0.25, 0.3) is 0 Å². The molecule has 1 aliphatic heterocycles. The third-order valence-electron chi connectivity index (χ3n) is 4.92. The van der Waals surface area contributed by atoms with Gasteiger partial charge in [-0.15, -0.1) is 0 Å². The van der Waals surface area contributed by atoms with Gasteiger partial charge >= 0.3 is 5.97 Å². The van der Waals surface area contributed by atoms with E-state index in [9.17, 15) is 18.3 Å². The lowest BCUT2D eigenvalue weighted by Crippen LogP contribution is -2.20. The van der Waals surface area contributed by atoms with Gasteiger partial charge in [0.2, 0.25) is 0 Å². The molecule has 0 spiro atoms. The van der Waals surface area contributed by atoms with Gasteiger partial charge in [-0.25, -0.2) is 13.2 Å². The molecular formula is C20H24N2O6S. The second-order valence-electron chi connectivity index (χ2n) is 6.81. The highest BCUT2D eigenvalue weighted by atomic mass is 32.2. The molecule has 2 aromatic rings. The average Bonchev–Trinajstić information content (AvgIpc) is 3.22. The molecule has 2 aromatic carbocycles. The number of nitrogens with zero attached hydrogens (tertiary/aromatic N) is 1. The van der Waals surface area contributed by atoms with Crippen molar-refractivity contribution in [3.63, 3.8) is 0 Å². The number of aryl methyl sites for hydroxylation is 1. The summed E-state index contributed by atoms with van der Waals surface area (Å²) in [6.45, 7) is 3.34. The maximum absolute atomic E-state index is 13.0. The predicted molar refractivity (Wildman–Crippen MR) is 110 cm³/mol. The monoisotopic (exact) mass is 420 g/mol. The number of nitrogens with one attached hydrogen (secondary N) is 1. The first kappa shape index (κ1) is 20.8. The van der Waals surface area contributed by atoms with Crippen molar-refractivity contribution in [2.24, 2.45) is 0 Å². The summed E-state index contributed by atoms with van der Waals surface area (Å²) in [5.74, 6) is -0.528. The van der Waals surface area contributed by atoms with E-state index in [-0.39, 0.29) is 21.9 Å². The lowest BCUT2D eigenvalue weighted by atomic mass is 10.1. The smallest absolute Gasteiger partial charge is 0.337 e. The number of hydrogen-bond acceptors (Lipinski definition) is 6. The van der Waals surface area contributed by atoms with Crippen LogP contribution < -0.4 is 19.1 Å². The number of hydrogen-bond donors (Lipinski definition) is 2. The van der Waals surface area contributed by atoms with Crippen LogP contribution in [-0.2, 0) is 10.0 Å². The molecule has 0 amide bonds. The summed E-state index contributed by atoms with van der Waals surface area (Å²) >= 11 is 0. The molecule has 29 heavy (non-hydrogen) atoms. The van der Waals surface area contributed by atoms with E-state index in [1.54, 1.807) is 19.1 Å². The molecule has 2 N–H and O–H groups in total. The van der Waals surface area contributed by atoms with E-state index in [1.165, 1.54) is 32.4 Å². The Labute approximate surface area is 170 Å². The van der Waals surface area contributed by atoms with E-state index in [4.69, 9.17) is 9.47 Å². The third kappa shape index (κ3) is 4.24. The SMILES string of the molecule is COc1cc(C)c(S(=O)(=O)Nc2ccc(N3CCCC3)cc2C(=O)O)cc1OC. The van der Waals surface area contributed by atoms with E-state index in [0.29, 0.717) is 11.3 Å². The summed E-state index contributed by atoms with van der Waals surface area (Å²) < 4.78 is 38.8. The summed E-state index contributed by atoms with van der Waals surface area (Å²) in [4.78, 5) is 13.8. The minimum absolute atomic E-state index is 0.00892. The fourth-order valence-electron chi connectivity index (χ4n) is 3.42. The summed E-state index contributed by atoms with van der Waals surface area (Å²) in [6, 6.07) is 7.65. The Kier molecular flexibility index (Phi) is 5.88. The number of benzene rings is 2. The fourth-order valence-corrected chi connectivity index (χ4v) is 4.74. The largest absolute Gasteiger partial charge is 0.493 e. The molecule has 0 aromatic heterocycles. The molecule has 0 bridgehead atoms. The highest BCUT2D eigenvalue weighted by Crippen LogP contribution is 2.34. The minimum Gasteiger partial charge on any atom is -0.493 e. The number of anilines is 2. The van der Waals surface area contributed by atoms with E-state index >= 15 is 0 Å². The molecule has 0 radical (unpaired) electrons. The van der Waals surface area contributed by atoms with Crippen molar-refractivity contribution in [3.8, 4) is 11.5 Å². The van der Waals surface area contributed by atoms with Gasteiger partial charge in [-0.05, 0) is 49.6 Å². The molecule has 0 atom stereocenters. The van der Waals surface area contributed by atoms with Crippen LogP contribution in [0.1, 0.15) is 28.8 Å². The fraction of sp³-hybridized carbons (Fsp3) is 0.350. The van der Waals surface area contributed by atoms with Gasteiger partial charge in [0.05, 0.1) is 30.4 Å². The summed E-state index contributed by atoms with van der Waals surface area (Å²) in [5.41, 5.74) is 1.12. The van der Waals surface area contributed by atoms with Crippen molar-refractivity contribution in [2.75, 3.05) is 36.9 Å². The van der Waals surface area contributed by atoms with E-state index < -0.39 is 16.0 Å². The second kappa shape index (κ2) is 8.20. The summed E-state index contributed by atoms with van der Waals surface area (Å²) in [5, 5.41) is 9.62. The number of ether oxygens (including phenoxy) is 2. The molecule has 3 rings (SSSR count). The quantitative estimate of drug-likeness (QED) is 0.709. The molecule has 1 saturated heterocycles. The van der Waals surface area contributed by atoms with E-state index in [1.807, 2.05) is 0 Å². The zero-order chi connectivity index (χ0) is 21.2. The highest BCUT2D eigenvalue weighted by Gasteiger charge is 2.24. The van der Waals surface area contributed by atoms with Gasteiger partial charge in [-0.2, -0.15) is 0 Å². The molecule has 0 unspecified atom stereocenters. The van der Waals surface area contributed by atoms with E-state index in [2.05, 4.69) is 9.62 Å². The van der Waals surface area contributed by atoms with Gasteiger partial charge in [0, 0.05) is 24.8 Å². The number of rotatable bonds is 7. The van der Waals surface area contributed by atoms with Gasteiger partial charge in [0.25, 0.3) is 10.0 Å². The topological polar surface area (TPSA) is 105 Å². The normalized spacial score (nSPS) is 14.0. The molecule has 8 nitrogen and oxygen atoms in total. The molecule has 156 valence electrons. The van der Waals surface area contributed by atoms with Gasteiger partial charge < -0.3 is 19.5 Å². The first-order chi connectivity index (χ1) is 13.8. The number of carboxylic acid groups (broad SMARTS) is 1. The van der Waals surface area contributed by atoms with Crippen LogP contribution in [0.15, 0.2) is 35.2 Å². The Hall–Kier alpha value is -2.94. The number of sulfonamides is 1. The number of aromatic carboxylic acids is 1. The minimum atomic E-state index is -4.05. The highest BCUT2D eigenvalue weighted by molar-refractivity contribution is 7.92. The van der Waals surface area contributed by atoms with Crippen molar-refractivity contribution in [3.05, 3.63) is 41.5 Å². The zero-order valence-electron chi connectivity index (χ0n) is 16.6. The first-order valence-electron chi connectivity index (χ1n) is 9.14. The molecule has 1 heterocycles. The van der Waals surface area contributed by atoms with Crippen LogP contribution in [0.5, 0.6) is 11.5 Å². The Bertz CT molecular complexity index is 1030. The molecule has 0 aliphatic carbocycles. The third-order valence-corrected chi connectivity index (χ3v) is 6.43. The van der Waals surface area contributed by atoms with Gasteiger partial charge in [-0.3, -0.25) is 4.72 Å². The maximum atomic E-state index is 13.0. The predicted octanol–water partition coefficient (Wildman–Crippen LogP) is 3.11. The van der Waals surface area contributed by atoms with Crippen LogP contribution in [-0.4, -0.2) is 46.8 Å². The van der Waals surface area contributed by atoms with Crippen molar-refractivity contribution in [1.29, 1.82) is 0 Å². The zero-order valence-corrected chi connectivity index (χ0v) is 17.4. The maximum Gasteiger partial charge on any atom is 0.337 e. The molecule has 1 aliphatic rings. The number of methoxy groups -OCH3 is 2. The summed E-state index contributed by atoms with van der Waals surface area (Å²) in [7, 11) is -1.18. The molecule has 9 heteroatoms. The van der Waals surface area contributed by atoms with Gasteiger partial charge in [-0.1, -0.05) is 0 Å². The molecular weight excluding hydrogens is 396 g/mol. The van der Waals surface area contributed by atoms with Crippen LogP contribution in [0.3, 0.4) is 0 Å². The van der Waals surface area contributed by atoms with Crippen molar-refractivity contribution in [2.45, 2.75) is 24.7 Å². The Morgan fingerprint density at radius 2 is 1.69 bits per heavy atom. The first-order valence-corrected chi connectivity index (χ1v) is 10.6. The van der Waals surface area contributed by atoms with Crippen LogP contribution in [0, 0.1) is 6.92 Å². The Morgan fingerprint density at radius 3 is 2.28 bits per heavy atom. The lowest BCUT2D eigenvalue weighted by Gasteiger charge is -2.20. The molecule has 1 fully saturated rings. The average molecular weight is 420 g/mol.